The molecule has 2 atom stereocenters. The van der Waals surface area contributed by atoms with Gasteiger partial charge in [-0.3, -0.25) is 24.4 Å². The van der Waals surface area contributed by atoms with Gasteiger partial charge in [-0.2, -0.15) is 27.0 Å². The first-order chi connectivity index (χ1) is 30.7. The molecule has 15 nitrogen and oxygen atoms in total. The first-order valence-corrected chi connectivity index (χ1v) is 20.9. The summed E-state index contributed by atoms with van der Waals surface area (Å²) in [5.74, 6) is -3.16. The first kappa shape index (κ1) is 60.8. The number of benzene rings is 2. The van der Waals surface area contributed by atoms with Crippen LogP contribution in [0, 0.1) is 11.6 Å². The fourth-order valence-corrected chi connectivity index (χ4v) is 6.35. The van der Waals surface area contributed by atoms with Crippen LogP contribution in [0.2, 0.25) is 10.0 Å². The average molecular weight is 1010 g/mol. The average Bonchev–Trinajstić information content (AvgIpc) is 3.26. The molecule has 0 saturated carbocycles. The number of aliphatic hydroxyl groups excluding tert-OH is 2. The predicted molar refractivity (Wildman–Crippen MR) is 268 cm³/mol. The Morgan fingerprint density at radius 1 is 0.676 bits per heavy atom. The Balaban J connectivity index is 0.000000598. The number of aromatic amines is 2. The molecule has 4 heterocycles. The minimum absolute atomic E-state index is 0. The Hall–Kier alpha value is -5.20. The number of nitrogens with two attached hydrogens (primary N) is 1. The Morgan fingerprint density at radius 3 is 1.44 bits per heavy atom. The van der Waals surface area contributed by atoms with E-state index < -0.39 is 40.7 Å². The summed E-state index contributed by atoms with van der Waals surface area (Å²) in [4.78, 5) is 62.7. The van der Waals surface area contributed by atoms with Gasteiger partial charge in [-0.05, 0) is 86.3 Å². The van der Waals surface area contributed by atoms with Gasteiger partial charge in [0.1, 0.15) is 11.6 Å². The molecule has 0 unspecified atom stereocenters. The SMILES string of the molecule is CC(C)c1[nH]c(=O)c(-c2cc(Cl)ccc2F)cc1Nc1ccncc1C(=O)N[C@@H](C)CO.CC(C)c1[nH]c(=O)c(-c2cc(Cl)ccc2F)cc1Nc1ccncc1C(=O)[O-].C[C@H](N)CO.S.S.[Li+]. The molecule has 0 aliphatic heterocycles. The van der Waals surface area contributed by atoms with E-state index in [1.165, 1.54) is 67.1 Å². The van der Waals surface area contributed by atoms with E-state index in [0.29, 0.717) is 33.5 Å². The second-order valence-electron chi connectivity index (χ2n) is 15.3. The molecule has 1 amide bonds. The predicted octanol–water partition coefficient (Wildman–Crippen LogP) is 4.22. The maximum absolute atomic E-state index is 14.5. The summed E-state index contributed by atoms with van der Waals surface area (Å²) < 4.78 is 28.8. The fourth-order valence-electron chi connectivity index (χ4n) is 6.00. The van der Waals surface area contributed by atoms with Crippen molar-refractivity contribution in [2.75, 3.05) is 23.8 Å². The van der Waals surface area contributed by atoms with Gasteiger partial charge in [0, 0.05) is 75.0 Å². The van der Waals surface area contributed by atoms with Crippen LogP contribution in [0.3, 0.4) is 0 Å². The van der Waals surface area contributed by atoms with Gasteiger partial charge < -0.3 is 51.8 Å². The number of anilines is 4. The molecule has 0 aliphatic carbocycles. The van der Waals surface area contributed by atoms with Crippen molar-refractivity contribution in [3.63, 3.8) is 0 Å². The van der Waals surface area contributed by atoms with E-state index in [0.717, 1.165) is 6.20 Å². The van der Waals surface area contributed by atoms with Gasteiger partial charge in [0.25, 0.3) is 17.0 Å². The van der Waals surface area contributed by atoms with Crippen molar-refractivity contribution in [1.29, 1.82) is 0 Å². The molecule has 9 N–H and O–H groups in total. The topological polar surface area (TPSA) is 251 Å². The summed E-state index contributed by atoms with van der Waals surface area (Å²) in [5.41, 5.74) is 7.24. The molecule has 2 aromatic carbocycles. The third kappa shape index (κ3) is 16.5. The van der Waals surface area contributed by atoms with Gasteiger partial charge in [0.15, 0.2) is 0 Å². The number of rotatable bonds is 13. The van der Waals surface area contributed by atoms with Crippen molar-refractivity contribution in [1.82, 2.24) is 25.3 Å². The van der Waals surface area contributed by atoms with Crippen LogP contribution >= 0.6 is 50.2 Å². The standard InChI is InChI=1S/C23H24ClFN4O3.C20H17ClFN3O3.C3H9NO.Li.2H2S/c1-12(2)21-20(9-16(22(31)29-21)15-8-14(24)4-5-18(15)25)28-19-6-7-26-10-17(19)23(32)27-13(3)11-30;1-10(2)18-17(24-16-5-6-23-9-14(16)20(27)28)8-13(19(26)25-18)12-7-11(21)3-4-15(12)22;1-3(4)2-5;;;/h4-10,12-13,30H,11H2,1-3H3,(H,26,28)(H,27,32)(H,29,31);3-10H,1-2H3,(H,23,24)(H,25,26)(H,27,28);3,5H,2,4H2,1H3;;2*1H2/q;;;+1;;/p-1/t13-;;3-;;;/m0.0.../s1. The Morgan fingerprint density at radius 2 is 1.07 bits per heavy atom. The molecule has 6 rings (SSSR count). The molecule has 68 heavy (non-hydrogen) atoms. The van der Waals surface area contributed by atoms with Gasteiger partial charge in [-0.1, -0.05) is 50.9 Å². The van der Waals surface area contributed by atoms with E-state index in [1.54, 1.807) is 26.0 Å². The number of nitrogens with zero attached hydrogens (tertiary/aromatic N) is 2. The number of carbonyl (C=O) groups is 2. The van der Waals surface area contributed by atoms with E-state index in [4.69, 9.17) is 34.0 Å². The van der Waals surface area contributed by atoms with Crippen molar-refractivity contribution < 1.29 is 52.6 Å². The second-order valence-corrected chi connectivity index (χ2v) is 16.2. The summed E-state index contributed by atoms with van der Waals surface area (Å²) in [7, 11) is 0. The minimum Gasteiger partial charge on any atom is -0.545 e. The van der Waals surface area contributed by atoms with Crippen molar-refractivity contribution >= 4 is 84.8 Å². The first-order valence-electron chi connectivity index (χ1n) is 20.1. The number of aromatic carboxylic acids is 1. The van der Waals surface area contributed by atoms with E-state index in [2.05, 4.69) is 35.9 Å². The maximum atomic E-state index is 14.5. The maximum Gasteiger partial charge on any atom is 1.00 e. The Labute approximate surface area is 427 Å². The van der Waals surface area contributed by atoms with Crippen LogP contribution in [0.4, 0.5) is 31.5 Å². The number of H-pyrrole nitrogens is 2. The van der Waals surface area contributed by atoms with Crippen molar-refractivity contribution in [2.24, 2.45) is 5.73 Å². The normalized spacial score (nSPS) is 11.2. The summed E-state index contributed by atoms with van der Waals surface area (Å²) in [5, 5.41) is 38.0. The molecule has 0 saturated heterocycles. The van der Waals surface area contributed by atoms with E-state index in [-0.39, 0.29) is 121 Å². The number of hydrogen-bond donors (Lipinski definition) is 8. The van der Waals surface area contributed by atoms with Crippen molar-refractivity contribution in [3.8, 4) is 22.3 Å². The molecule has 0 aliphatic rings. The number of aromatic nitrogens is 4. The van der Waals surface area contributed by atoms with Gasteiger partial charge in [0.05, 0.1) is 58.6 Å². The molecule has 6 aromatic rings. The van der Waals surface area contributed by atoms with Crippen LogP contribution in [-0.2, 0) is 0 Å². The van der Waals surface area contributed by atoms with Gasteiger partial charge in [0.2, 0.25) is 0 Å². The molecular weight excluding hydrogens is 957 g/mol. The fraction of sp³-hybridized carbons (Fsp3) is 0.261. The minimum atomic E-state index is -1.40. The monoisotopic (exact) mass is 1010 g/mol. The molecular formula is C46H53Cl2F2LiN8O7S2. The molecule has 0 radical (unpaired) electrons. The molecule has 0 bridgehead atoms. The van der Waals surface area contributed by atoms with Crippen molar-refractivity contribution in [2.45, 2.75) is 65.5 Å². The molecule has 4 aromatic heterocycles. The summed E-state index contributed by atoms with van der Waals surface area (Å²) in [6.45, 7) is 10.8. The molecule has 22 heteroatoms. The number of pyridine rings is 4. The third-order valence-corrected chi connectivity index (χ3v) is 9.79. The van der Waals surface area contributed by atoms with Crippen LogP contribution in [0.25, 0.3) is 22.3 Å². The smallest absolute Gasteiger partial charge is 0.545 e. The Bertz CT molecular complexity index is 2770. The van der Waals surface area contributed by atoms with Gasteiger partial charge in [-0.15, -0.1) is 0 Å². The largest absolute Gasteiger partial charge is 1.00 e. The van der Waals surface area contributed by atoms with Crippen LogP contribution in [-0.4, -0.2) is 67.3 Å². The van der Waals surface area contributed by atoms with E-state index in [9.17, 15) is 38.2 Å². The Kier molecular flexibility index (Phi) is 25.3. The summed E-state index contributed by atoms with van der Waals surface area (Å²) >= 11 is 12.0. The van der Waals surface area contributed by atoms with E-state index >= 15 is 0 Å². The number of carbonyl (C=O) groups excluding carboxylic acids is 2. The second kappa shape index (κ2) is 28.3. The zero-order valence-corrected chi connectivity index (χ0v) is 41.7. The number of carboxylic acid groups (broad SMARTS) is 1. The molecule has 0 fully saturated rings. The molecule has 0 spiro atoms. The number of amides is 1. The van der Waals surface area contributed by atoms with Gasteiger partial charge in [-0.25, -0.2) is 8.78 Å². The summed E-state index contributed by atoms with van der Waals surface area (Å²) in [6.07, 6.45) is 5.51. The summed E-state index contributed by atoms with van der Waals surface area (Å²) in [6, 6.07) is 13.5. The number of hydrogen-bond acceptors (Lipinski definition) is 12. The van der Waals surface area contributed by atoms with Crippen molar-refractivity contribution in [3.05, 3.63) is 150 Å². The zero-order chi connectivity index (χ0) is 48.1. The van der Waals surface area contributed by atoms with Crippen LogP contribution in [0.15, 0.2) is 95.0 Å². The quantitative estimate of drug-likeness (QED) is 0.0758. The third-order valence-electron chi connectivity index (χ3n) is 9.32. The molecule has 360 valence electrons. The van der Waals surface area contributed by atoms with Crippen LogP contribution in [0.5, 0.6) is 0 Å². The number of halogens is 4. The van der Waals surface area contributed by atoms with Crippen LogP contribution in [0.1, 0.15) is 85.5 Å². The van der Waals surface area contributed by atoms with E-state index in [1.807, 2.05) is 27.7 Å². The number of aliphatic hydroxyl groups is 2. The zero-order valence-electron chi connectivity index (χ0n) is 38.2. The number of nitrogens with one attached hydrogen (secondary N) is 5. The van der Waals surface area contributed by atoms with Gasteiger partial charge >= 0.3 is 18.9 Å². The number of carboxylic acids is 1. The van der Waals surface area contributed by atoms with Crippen LogP contribution < -0.4 is 56.8 Å².